The molecule has 0 aliphatic carbocycles. The van der Waals surface area contributed by atoms with Gasteiger partial charge in [0.1, 0.15) is 5.75 Å². The number of phenolic OH excluding ortho intramolecular Hbond substituents is 1. The van der Waals surface area contributed by atoms with Gasteiger partial charge in [0.25, 0.3) is 0 Å². The van der Waals surface area contributed by atoms with Gasteiger partial charge >= 0.3 is 0 Å². The fourth-order valence-electron chi connectivity index (χ4n) is 3.59. The maximum Gasteiger partial charge on any atom is 0.227 e. The molecule has 1 aliphatic heterocycles. The fraction of sp³-hybridized carbons (Fsp3) is 0.273. The molecule has 1 N–H and O–H groups in total. The molecule has 1 aromatic carbocycles. The van der Waals surface area contributed by atoms with Gasteiger partial charge in [0.2, 0.25) is 5.91 Å². The third kappa shape index (κ3) is 4.17. The number of benzene rings is 1. The number of aromatic hydroxyl groups is 1. The predicted molar refractivity (Wildman–Crippen MR) is 106 cm³/mol. The molecule has 3 aromatic rings. The molecule has 0 spiro atoms. The molecule has 1 saturated heterocycles. The van der Waals surface area contributed by atoms with Crippen LogP contribution in [0.5, 0.6) is 5.75 Å². The number of carbonyl (C=O) groups excluding carboxylic acids is 1. The van der Waals surface area contributed by atoms with Gasteiger partial charge in [-0.1, -0.05) is 12.1 Å². The van der Waals surface area contributed by atoms with E-state index in [1.165, 1.54) is 0 Å². The Morgan fingerprint density at radius 3 is 2.64 bits per heavy atom. The zero-order chi connectivity index (χ0) is 19.3. The van der Waals surface area contributed by atoms with E-state index in [1.54, 1.807) is 42.9 Å². The zero-order valence-electron chi connectivity index (χ0n) is 15.5. The quantitative estimate of drug-likeness (QED) is 0.759. The van der Waals surface area contributed by atoms with Crippen LogP contribution in [0.4, 0.5) is 0 Å². The van der Waals surface area contributed by atoms with E-state index in [4.69, 9.17) is 4.98 Å². The molecule has 1 fully saturated rings. The van der Waals surface area contributed by atoms with Crippen LogP contribution in [0, 0.1) is 0 Å². The van der Waals surface area contributed by atoms with Crippen LogP contribution in [0.3, 0.4) is 0 Å². The van der Waals surface area contributed by atoms with Gasteiger partial charge in [0, 0.05) is 48.9 Å². The highest BCUT2D eigenvalue weighted by Crippen LogP contribution is 2.27. The second-order valence-electron chi connectivity index (χ2n) is 7.06. The van der Waals surface area contributed by atoms with Crippen molar-refractivity contribution in [3.05, 3.63) is 72.3 Å². The van der Waals surface area contributed by atoms with E-state index in [-0.39, 0.29) is 17.6 Å². The Hall–Kier alpha value is -3.28. The third-order valence-electron chi connectivity index (χ3n) is 5.10. The van der Waals surface area contributed by atoms with Crippen LogP contribution in [0.15, 0.2) is 61.1 Å². The van der Waals surface area contributed by atoms with Crippen LogP contribution < -0.4 is 0 Å². The molecule has 1 amide bonds. The van der Waals surface area contributed by atoms with Gasteiger partial charge in [0.05, 0.1) is 6.42 Å². The Bertz CT molecular complexity index is 944. The minimum Gasteiger partial charge on any atom is -0.508 e. The van der Waals surface area contributed by atoms with Crippen molar-refractivity contribution in [2.75, 3.05) is 13.1 Å². The second kappa shape index (κ2) is 8.17. The van der Waals surface area contributed by atoms with Crippen LogP contribution >= 0.6 is 0 Å². The van der Waals surface area contributed by atoms with Crippen molar-refractivity contribution in [2.24, 2.45) is 0 Å². The SMILES string of the molecule is O=C(Cc1ccc(O)cc1)N1CCCC(c2ccnc(-c3ccncc3)n2)C1. The number of phenols is 1. The highest BCUT2D eigenvalue weighted by molar-refractivity contribution is 5.79. The monoisotopic (exact) mass is 374 g/mol. The van der Waals surface area contributed by atoms with Crippen molar-refractivity contribution < 1.29 is 9.90 Å². The number of amides is 1. The summed E-state index contributed by atoms with van der Waals surface area (Å²) in [5.74, 6) is 1.22. The maximum absolute atomic E-state index is 12.7. The lowest BCUT2D eigenvalue weighted by molar-refractivity contribution is -0.131. The number of pyridine rings is 1. The Balaban J connectivity index is 1.46. The van der Waals surface area contributed by atoms with Crippen molar-refractivity contribution in [1.82, 2.24) is 19.9 Å². The number of piperidine rings is 1. The molecule has 1 unspecified atom stereocenters. The van der Waals surface area contributed by atoms with Gasteiger partial charge in [-0.05, 0) is 48.7 Å². The van der Waals surface area contributed by atoms with Gasteiger partial charge in [-0.3, -0.25) is 9.78 Å². The number of hydrogen-bond acceptors (Lipinski definition) is 5. The molecule has 2 aromatic heterocycles. The van der Waals surface area contributed by atoms with Crippen molar-refractivity contribution in [3.63, 3.8) is 0 Å². The molecule has 28 heavy (non-hydrogen) atoms. The third-order valence-corrected chi connectivity index (χ3v) is 5.10. The largest absolute Gasteiger partial charge is 0.508 e. The predicted octanol–water partition coefficient (Wildman–Crippen LogP) is 3.19. The van der Waals surface area contributed by atoms with E-state index in [0.29, 0.717) is 18.8 Å². The van der Waals surface area contributed by atoms with Gasteiger partial charge in [-0.15, -0.1) is 0 Å². The highest BCUT2D eigenvalue weighted by Gasteiger charge is 2.26. The Morgan fingerprint density at radius 2 is 1.86 bits per heavy atom. The molecule has 0 saturated carbocycles. The number of rotatable bonds is 4. The standard InChI is InChI=1S/C22H22N4O2/c27-19-5-3-16(4-6-19)14-21(28)26-13-1-2-18(15-26)20-9-12-24-22(25-20)17-7-10-23-11-8-17/h3-12,18,27H,1-2,13-15H2. The second-order valence-corrected chi connectivity index (χ2v) is 7.06. The van der Waals surface area contributed by atoms with E-state index < -0.39 is 0 Å². The van der Waals surface area contributed by atoms with Crippen molar-refractivity contribution in [1.29, 1.82) is 0 Å². The minimum atomic E-state index is 0.110. The first-order valence-corrected chi connectivity index (χ1v) is 9.48. The van der Waals surface area contributed by atoms with Crippen LogP contribution in [0.25, 0.3) is 11.4 Å². The summed E-state index contributed by atoms with van der Waals surface area (Å²) >= 11 is 0. The highest BCUT2D eigenvalue weighted by atomic mass is 16.3. The van der Waals surface area contributed by atoms with Crippen LogP contribution in [0.2, 0.25) is 0 Å². The summed E-state index contributed by atoms with van der Waals surface area (Å²) in [6, 6.07) is 12.6. The smallest absolute Gasteiger partial charge is 0.227 e. The van der Waals surface area contributed by atoms with E-state index >= 15 is 0 Å². The molecule has 3 heterocycles. The molecule has 6 heteroatoms. The lowest BCUT2D eigenvalue weighted by Crippen LogP contribution is -2.40. The molecule has 0 radical (unpaired) electrons. The first-order chi connectivity index (χ1) is 13.7. The van der Waals surface area contributed by atoms with Crippen LogP contribution in [-0.2, 0) is 11.2 Å². The minimum absolute atomic E-state index is 0.110. The molecule has 142 valence electrons. The first-order valence-electron chi connectivity index (χ1n) is 9.48. The number of carbonyl (C=O) groups is 1. The average molecular weight is 374 g/mol. The Labute approximate surface area is 163 Å². The summed E-state index contributed by atoms with van der Waals surface area (Å²) < 4.78 is 0. The van der Waals surface area contributed by atoms with Gasteiger partial charge in [-0.2, -0.15) is 0 Å². The summed E-state index contributed by atoms with van der Waals surface area (Å²) in [5.41, 5.74) is 2.82. The molecule has 1 atom stereocenters. The normalized spacial score (nSPS) is 16.7. The Kier molecular flexibility index (Phi) is 5.28. The summed E-state index contributed by atoms with van der Waals surface area (Å²) in [5, 5.41) is 9.39. The van der Waals surface area contributed by atoms with Crippen molar-refractivity contribution in [3.8, 4) is 17.1 Å². The summed E-state index contributed by atoms with van der Waals surface area (Å²) in [7, 11) is 0. The maximum atomic E-state index is 12.7. The summed E-state index contributed by atoms with van der Waals surface area (Å²) in [6.45, 7) is 1.44. The van der Waals surface area contributed by atoms with Gasteiger partial charge < -0.3 is 10.0 Å². The van der Waals surface area contributed by atoms with E-state index in [0.717, 1.165) is 36.2 Å². The topological polar surface area (TPSA) is 79.2 Å². The molecular formula is C22H22N4O2. The van der Waals surface area contributed by atoms with E-state index in [1.807, 2.05) is 23.1 Å². The summed E-state index contributed by atoms with van der Waals surface area (Å²) in [4.78, 5) is 27.8. The lowest BCUT2D eigenvalue weighted by atomic mass is 9.94. The number of hydrogen-bond donors (Lipinski definition) is 1. The molecule has 0 bridgehead atoms. The molecular weight excluding hydrogens is 352 g/mol. The first kappa shape index (κ1) is 18.1. The van der Waals surface area contributed by atoms with Crippen LogP contribution in [0.1, 0.15) is 30.0 Å². The lowest BCUT2D eigenvalue weighted by Gasteiger charge is -2.32. The number of likely N-dealkylation sites (tertiary alicyclic amines) is 1. The van der Waals surface area contributed by atoms with Crippen molar-refractivity contribution in [2.45, 2.75) is 25.2 Å². The molecule has 6 nitrogen and oxygen atoms in total. The van der Waals surface area contributed by atoms with Gasteiger partial charge in [0.15, 0.2) is 5.82 Å². The number of aromatic nitrogens is 3. The average Bonchev–Trinajstić information content (AvgIpc) is 2.76. The zero-order valence-corrected chi connectivity index (χ0v) is 15.5. The summed E-state index contributed by atoms with van der Waals surface area (Å²) in [6.07, 6.45) is 7.57. The Morgan fingerprint density at radius 1 is 1.07 bits per heavy atom. The molecule has 1 aliphatic rings. The van der Waals surface area contributed by atoms with E-state index in [9.17, 15) is 9.90 Å². The fourth-order valence-corrected chi connectivity index (χ4v) is 3.59. The number of nitrogens with zero attached hydrogens (tertiary/aromatic N) is 4. The van der Waals surface area contributed by atoms with E-state index in [2.05, 4.69) is 9.97 Å². The van der Waals surface area contributed by atoms with Crippen LogP contribution in [-0.4, -0.2) is 44.0 Å². The molecule has 4 rings (SSSR count). The van der Waals surface area contributed by atoms with Crippen molar-refractivity contribution >= 4 is 5.91 Å². The van der Waals surface area contributed by atoms with Gasteiger partial charge in [-0.25, -0.2) is 9.97 Å².